The molecule has 4 atom stereocenters. The van der Waals surface area contributed by atoms with Crippen LogP contribution in [0.2, 0.25) is 0 Å². The van der Waals surface area contributed by atoms with Crippen LogP contribution in [0.4, 0.5) is 5.69 Å². The lowest BCUT2D eigenvalue weighted by molar-refractivity contribution is -0.124. The Kier molecular flexibility index (Phi) is 4.88. The molecule has 3 aliphatic rings. The number of nitrogens with one attached hydrogen (secondary N) is 1. The molecule has 1 N–H and O–H groups in total. The summed E-state index contributed by atoms with van der Waals surface area (Å²) in [5.74, 6) is 3.10. The zero-order chi connectivity index (χ0) is 18.1. The van der Waals surface area contributed by atoms with E-state index >= 15 is 0 Å². The molecule has 0 aromatic heterocycles. The number of fused-ring (bicyclic) bond motifs is 2. The fraction of sp³-hybridized carbons (Fsp3) is 0.619. The molecule has 2 bridgehead atoms. The molecule has 2 saturated carbocycles. The number of hydrogen-bond donors (Lipinski definition) is 1. The fourth-order valence-electron chi connectivity index (χ4n) is 5.10. The average Bonchev–Trinajstić information content (AvgIpc) is 3.37. The van der Waals surface area contributed by atoms with Gasteiger partial charge in [0.05, 0.1) is 0 Å². The molecule has 1 aliphatic heterocycles. The van der Waals surface area contributed by atoms with Crippen LogP contribution in [0.3, 0.4) is 0 Å². The summed E-state index contributed by atoms with van der Waals surface area (Å²) in [6.45, 7) is 2.95. The van der Waals surface area contributed by atoms with Gasteiger partial charge in [0, 0.05) is 24.7 Å². The largest absolute Gasteiger partial charge is 0.484 e. The van der Waals surface area contributed by atoms with E-state index in [0.717, 1.165) is 30.5 Å². The van der Waals surface area contributed by atoms with Gasteiger partial charge in [0.2, 0.25) is 5.91 Å². The summed E-state index contributed by atoms with van der Waals surface area (Å²) in [7, 11) is 0. The second-order valence-electron chi connectivity index (χ2n) is 8.13. The van der Waals surface area contributed by atoms with Crippen molar-refractivity contribution in [3.63, 3.8) is 0 Å². The van der Waals surface area contributed by atoms with Gasteiger partial charge in [-0.3, -0.25) is 9.59 Å². The van der Waals surface area contributed by atoms with Crippen LogP contribution in [0, 0.1) is 17.8 Å². The molecule has 1 heterocycles. The first-order valence-corrected chi connectivity index (χ1v) is 9.93. The highest BCUT2D eigenvalue weighted by atomic mass is 16.5. The summed E-state index contributed by atoms with van der Waals surface area (Å²) in [4.78, 5) is 25.8. The minimum atomic E-state index is -0.0564. The average molecular weight is 356 g/mol. The number of ether oxygens (including phenoxy) is 1. The van der Waals surface area contributed by atoms with E-state index in [1.54, 1.807) is 4.90 Å². The SMILES string of the molecule is CC(NC(=O)COc1ccc(N2CCCC2=O)cc1)C1CC2CCC1C2. The fourth-order valence-corrected chi connectivity index (χ4v) is 5.10. The number of hydrogen-bond acceptors (Lipinski definition) is 3. The maximum absolute atomic E-state index is 12.2. The van der Waals surface area contributed by atoms with Crippen LogP contribution >= 0.6 is 0 Å². The topological polar surface area (TPSA) is 58.6 Å². The van der Waals surface area contributed by atoms with E-state index in [2.05, 4.69) is 12.2 Å². The lowest BCUT2D eigenvalue weighted by Crippen LogP contribution is -2.42. The number of carbonyl (C=O) groups excluding carboxylic acids is 2. The molecule has 1 aromatic rings. The van der Waals surface area contributed by atoms with E-state index in [-0.39, 0.29) is 24.5 Å². The van der Waals surface area contributed by atoms with E-state index < -0.39 is 0 Å². The van der Waals surface area contributed by atoms with Crippen LogP contribution in [-0.2, 0) is 9.59 Å². The zero-order valence-corrected chi connectivity index (χ0v) is 15.4. The molecule has 5 nitrogen and oxygen atoms in total. The lowest BCUT2D eigenvalue weighted by atomic mass is 9.84. The first kappa shape index (κ1) is 17.4. The summed E-state index contributed by atoms with van der Waals surface area (Å²) in [6, 6.07) is 7.65. The van der Waals surface area contributed by atoms with E-state index in [1.165, 1.54) is 25.7 Å². The smallest absolute Gasteiger partial charge is 0.258 e. The number of carbonyl (C=O) groups is 2. The van der Waals surface area contributed by atoms with E-state index in [4.69, 9.17) is 4.74 Å². The molecule has 1 saturated heterocycles. The summed E-state index contributed by atoms with van der Waals surface area (Å²) >= 11 is 0. The highest BCUT2D eigenvalue weighted by Gasteiger charge is 2.42. The van der Waals surface area contributed by atoms with Crippen molar-refractivity contribution >= 4 is 17.5 Å². The minimum Gasteiger partial charge on any atom is -0.484 e. The molecule has 4 unspecified atom stereocenters. The molecule has 5 heteroatoms. The highest BCUT2D eigenvalue weighted by Crippen LogP contribution is 2.49. The van der Waals surface area contributed by atoms with Gasteiger partial charge in [0.15, 0.2) is 6.61 Å². The van der Waals surface area contributed by atoms with Gasteiger partial charge in [0.25, 0.3) is 5.91 Å². The van der Waals surface area contributed by atoms with Crippen LogP contribution in [0.5, 0.6) is 5.75 Å². The second-order valence-corrected chi connectivity index (χ2v) is 8.13. The van der Waals surface area contributed by atoms with Gasteiger partial charge >= 0.3 is 0 Å². The van der Waals surface area contributed by atoms with Gasteiger partial charge < -0.3 is 15.0 Å². The molecule has 2 amide bonds. The molecule has 140 valence electrons. The zero-order valence-electron chi connectivity index (χ0n) is 15.4. The highest BCUT2D eigenvalue weighted by molar-refractivity contribution is 5.95. The van der Waals surface area contributed by atoms with Crippen LogP contribution in [0.25, 0.3) is 0 Å². The van der Waals surface area contributed by atoms with Crippen molar-refractivity contribution in [2.45, 2.75) is 51.5 Å². The van der Waals surface area contributed by atoms with Crippen molar-refractivity contribution in [3.05, 3.63) is 24.3 Å². The Labute approximate surface area is 155 Å². The molecule has 0 radical (unpaired) electrons. The normalized spacial score (nSPS) is 28.4. The Morgan fingerprint density at radius 3 is 2.69 bits per heavy atom. The van der Waals surface area contributed by atoms with Crippen molar-refractivity contribution in [2.24, 2.45) is 17.8 Å². The second kappa shape index (κ2) is 7.29. The standard InChI is InChI=1S/C21H28N2O3/c1-14(19-12-15-4-5-16(19)11-15)22-20(24)13-26-18-8-6-17(7-9-18)23-10-2-3-21(23)25/h6-9,14-16,19H,2-5,10-13H2,1H3,(H,22,24). The maximum Gasteiger partial charge on any atom is 0.258 e. The Hall–Kier alpha value is -2.04. The first-order valence-electron chi connectivity index (χ1n) is 9.93. The predicted octanol–water partition coefficient (Wildman–Crippen LogP) is 3.13. The monoisotopic (exact) mass is 356 g/mol. The molecule has 1 aromatic carbocycles. The van der Waals surface area contributed by atoms with Crippen LogP contribution in [0.15, 0.2) is 24.3 Å². The Morgan fingerprint density at radius 1 is 1.27 bits per heavy atom. The van der Waals surface area contributed by atoms with Gasteiger partial charge in [-0.05, 0) is 74.6 Å². The van der Waals surface area contributed by atoms with E-state index in [1.807, 2.05) is 24.3 Å². The quantitative estimate of drug-likeness (QED) is 0.852. The minimum absolute atomic E-state index is 0.0349. The van der Waals surface area contributed by atoms with Gasteiger partial charge in [-0.25, -0.2) is 0 Å². The van der Waals surface area contributed by atoms with Crippen molar-refractivity contribution in [1.29, 1.82) is 0 Å². The number of nitrogens with zero attached hydrogens (tertiary/aromatic N) is 1. The van der Waals surface area contributed by atoms with Gasteiger partial charge in [0.1, 0.15) is 5.75 Å². The molecule has 3 fully saturated rings. The number of amides is 2. The lowest BCUT2D eigenvalue weighted by Gasteiger charge is -2.28. The van der Waals surface area contributed by atoms with Crippen molar-refractivity contribution in [2.75, 3.05) is 18.1 Å². The van der Waals surface area contributed by atoms with E-state index in [9.17, 15) is 9.59 Å². The Bertz CT molecular complexity index is 672. The number of benzene rings is 1. The summed E-state index contributed by atoms with van der Waals surface area (Å²) in [5.41, 5.74) is 0.897. The summed E-state index contributed by atoms with van der Waals surface area (Å²) < 4.78 is 5.62. The van der Waals surface area contributed by atoms with Gasteiger partial charge in [-0.15, -0.1) is 0 Å². The van der Waals surface area contributed by atoms with Crippen LogP contribution in [-0.4, -0.2) is 31.0 Å². The summed E-state index contributed by atoms with van der Waals surface area (Å²) in [5, 5.41) is 3.12. The van der Waals surface area contributed by atoms with Crippen molar-refractivity contribution < 1.29 is 14.3 Å². The van der Waals surface area contributed by atoms with Crippen LogP contribution < -0.4 is 15.0 Å². The van der Waals surface area contributed by atoms with Crippen molar-refractivity contribution in [1.82, 2.24) is 5.32 Å². The Balaban J connectivity index is 1.24. The van der Waals surface area contributed by atoms with Gasteiger partial charge in [-0.2, -0.15) is 0 Å². The molecule has 0 spiro atoms. The predicted molar refractivity (Wildman–Crippen MR) is 100 cm³/mol. The van der Waals surface area contributed by atoms with Gasteiger partial charge in [-0.1, -0.05) is 6.42 Å². The Morgan fingerprint density at radius 2 is 2.08 bits per heavy atom. The first-order chi connectivity index (χ1) is 12.6. The van der Waals surface area contributed by atoms with Crippen LogP contribution in [0.1, 0.15) is 45.4 Å². The molecule has 26 heavy (non-hydrogen) atoms. The molecular formula is C21H28N2O3. The molecular weight excluding hydrogens is 328 g/mol. The third-order valence-electron chi connectivity index (χ3n) is 6.42. The van der Waals surface area contributed by atoms with Crippen molar-refractivity contribution in [3.8, 4) is 5.75 Å². The third-order valence-corrected chi connectivity index (χ3v) is 6.42. The molecule has 2 aliphatic carbocycles. The number of anilines is 1. The maximum atomic E-state index is 12.2. The molecule has 4 rings (SSSR count). The number of rotatable bonds is 6. The van der Waals surface area contributed by atoms with E-state index in [0.29, 0.717) is 18.1 Å². The third kappa shape index (κ3) is 3.57. The summed E-state index contributed by atoms with van der Waals surface area (Å²) in [6.07, 6.45) is 6.87.